The van der Waals surface area contributed by atoms with Gasteiger partial charge in [0.25, 0.3) is 5.91 Å². The molecule has 0 unspecified atom stereocenters. The fourth-order valence-corrected chi connectivity index (χ4v) is 4.34. The van der Waals surface area contributed by atoms with Crippen molar-refractivity contribution in [3.05, 3.63) is 93.6 Å². The molecule has 0 saturated carbocycles. The number of anilines is 1. The lowest BCUT2D eigenvalue weighted by atomic mass is 10.1. The van der Waals surface area contributed by atoms with E-state index in [0.29, 0.717) is 37.8 Å². The molecule has 0 bridgehead atoms. The van der Waals surface area contributed by atoms with Crippen LogP contribution in [0.5, 0.6) is 5.75 Å². The van der Waals surface area contributed by atoms with Gasteiger partial charge in [0, 0.05) is 20.7 Å². The normalized spacial score (nSPS) is 10.7. The molecule has 144 valence electrons. The van der Waals surface area contributed by atoms with Crippen LogP contribution in [-0.4, -0.2) is 13.0 Å². The van der Waals surface area contributed by atoms with E-state index in [4.69, 9.17) is 16.3 Å². The molecule has 1 heterocycles. The number of hydrogen-bond acceptors (Lipinski definition) is 4. The number of methoxy groups -OCH3 is 1. The van der Waals surface area contributed by atoms with Gasteiger partial charge in [-0.25, -0.2) is 0 Å². The van der Waals surface area contributed by atoms with Crippen LogP contribution in [0.4, 0.5) is 5.00 Å². The lowest BCUT2D eigenvalue weighted by molar-refractivity contribution is 0.102. The molecule has 4 nitrogen and oxygen atoms in total. The molecule has 0 saturated heterocycles. The van der Waals surface area contributed by atoms with E-state index in [-0.39, 0.29) is 11.3 Å². The number of fused-ring (bicyclic) bond motifs is 1. The lowest BCUT2D eigenvalue weighted by Crippen LogP contribution is -2.15. The van der Waals surface area contributed by atoms with E-state index >= 15 is 0 Å². The summed E-state index contributed by atoms with van der Waals surface area (Å²) >= 11 is 7.51. The lowest BCUT2D eigenvalue weighted by Gasteiger charge is -2.12. The number of ether oxygens (including phenoxy) is 1. The Kier molecular flexibility index (Phi) is 5.34. The zero-order chi connectivity index (χ0) is 20.4. The molecule has 0 aliphatic rings. The summed E-state index contributed by atoms with van der Waals surface area (Å²) in [5.41, 5.74) is 1.41. The molecule has 1 aromatic heterocycles. The molecule has 0 spiro atoms. The molecule has 0 radical (unpaired) electrons. The quantitative estimate of drug-likeness (QED) is 0.450. The van der Waals surface area contributed by atoms with Crippen molar-refractivity contribution >= 4 is 43.9 Å². The predicted molar refractivity (Wildman–Crippen MR) is 119 cm³/mol. The minimum Gasteiger partial charge on any atom is -0.497 e. The summed E-state index contributed by atoms with van der Waals surface area (Å²) in [6, 6.07) is 21.2. The van der Waals surface area contributed by atoms with Crippen LogP contribution in [0.1, 0.15) is 10.4 Å². The first-order chi connectivity index (χ1) is 14.1. The Balaban J connectivity index is 1.84. The van der Waals surface area contributed by atoms with Crippen molar-refractivity contribution in [3.63, 3.8) is 0 Å². The molecule has 0 atom stereocenters. The molecule has 0 aliphatic carbocycles. The van der Waals surface area contributed by atoms with Gasteiger partial charge in [0.1, 0.15) is 10.8 Å². The Morgan fingerprint density at radius 1 is 1.00 bits per heavy atom. The molecule has 1 amide bonds. The summed E-state index contributed by atoms with van der Waals surface area (Å²) in [4.78, 5) is 26.1. The molecule has 0 aliphatic heterocycles. The fraction of sp³-hybridized carbons (Fsp3) is 0.0435. The molecule has 3 aromatic carbocycles. The second-order valence-electron chi connectivity index (χ2n) is 6.32. The predicted octanol–water partition coefficient (Wildman–Crippen LogP) is 5.84. The van der Waals surface area contributed by atoms with Crippen LogP contribution >= 0.6 is 22.9 Å². The van der Waals surface area contributed by atoms with Crippen LogP contribution < -0.4 is 15.5 Å². The summed E-state index contributed by atoms with van der Waals surface area (Å²) in [5, 5.41) is 4.52. The summed E-state index contributed by atoms with van der Waals surface area (Å²) in [6.45, 7) is 0. The van der Waals surface area contributed by atoms with Gasteiger partial charge in [0.2, 0.25) is 0 Å². The standard InChI is InChI=1S/C23H16ClNO3S/c1-28-17-11-9-14(10-12-17)22(27)25-23-20(15-5-4-6-16(24)13-15)21(26)18-7-2-3-8-19(18)29-23/h2-13H,1H3,(H,25,27). The van der Waals surface area contributed by atoms with E-state index in [1.54, 1.807) is 55.6 Å². The number of amides is 1. The van der Waals surface area contributed by atoms with Gasteiger partial charge in [-0.3, -0.25) is 9.59 Å². The van der Waals surface area contributed by atoms with Crippen LogP contribution in [0.3, 0.4) is 0 Å². The van der Waals surface area contributed by atoms with Crippen molar-refractivity contribution in [3.8, 4) is 16.9 Å². The smallest absolute Gasteiger partial charge is 0.256 e. The van der Waals surface area contributed by atoms with Crippen LogP contribution in [0.25, 0.3) is 21.2 Å². The molecular weight excluding hydrogens is 406 g/mol. The molecule has 4 rings (SSSR count). The third kappa shape index (κ3) is 3.88. The maximum atomic E-state index is 13.3. The zero-order valence-corrected chi connectivity index (χ0v) is 17.0. The Hall–Kier alpha value is -3.15. The third-order valence-electron chi connectivity index (χ3n) is 4.49. The first kappa shape index (κ1) is 19.2. The highest BCUT2D eigenvalue weighted by Crippen LogP contribution is 2.34. The van der Waals surface area contributed by atoms with Crippen LogP contribution in [0, 0.1) is 0 Å². The van der Waals surface area contributed by atoms with Crippen molar-refractivity contribution in [1.82, 2.24) is 0 Å². The van der Waals surface area contributed by atoms with Crippen LogP contribution in [0.2, 0.25) is 5.02 Å². The van der Waals surface area contributed by atoms with E-state index in [2.05, 4.69) is 5.32 Å². The largest absolute Gasteiger partial charge is 0.497 e. The molecule has 1 N–H and O–H groups in total. The van der Waals surface area contributed by atoms with E-state index < -0.39 is 0 Å². The third-order valence-corrected chi connectivity index (χ3v) is 5.81. The van der Waals surface area contributed by atoms with E-state index in [1.165, 1.54) is 11.3 Å². The second kappa shape index (κ2) is 8.07. The van der Waals surface area contributed by atoms with Gasteiger partial charge < -0.3 is 10.1 Å². The SMILES string of the molecule is COc1ccc(C(=O)Nc2sc3ccccc3c(=O)c2-c2cccc(Cl)c2)cc1. The summed E-state index contributed by atoms with van der Waals surface area (Å²) in [7, 11) is 1.57. The van der Waals surface area contributed by atoms with Gasteiger partial charge in [0.05, 0.1) is 12.7 Å². The number of rotatable bonds is 4. The Morgan fingerprint density at radius 3 is 2.48 bits per heavy atom. The number of halogens is 1. The van der Waals surface area contributed by atoms with Crippen molar-refractivity contribution in [2.24, 2.45) is 0 Å². The van der Waals surface area contributed by atoms with Gasteiger partial charge >= 0.3 is 0 Å². The monoisotopic (exact) mass is 421 g/mol. The number of hydrogen-bond donors (Lipinski definition) is 1. The van der Waals surface area contributed by atoms with Crippen LogP contribution in [-0.2, 0) is 0 Å². The highest BCUT2D eigenvalue weighted by atomic mass is 35.5. The van der Waals surface area contributed by atoms with E-state index in [9.17, 15) is 9.59 Å². The Morgan fingerprint density at radius 2 is 1.76 bits per heavy atom. The summed E-state index contributed by atoms with van der Waals surface area (Å²) in [6.07, 6.45) is 0. The van der Waals surface area contributed by atoms with Crippen molar-refractivity contribution < 1.29 is 9.53 Å². The maximum Gasteiger partial charge on any atom is 0.256 e. The summed E-state index contributed by atoms with van der Waals surface area (Å²) < 4.78 is 5.94. The first-order valence-electron chi connectivity index (χ1n) is 8.84. The highest BCUT2D eigenvalue weighted by molar-refractivity contribution is 7.22. The maximum absolute atomic E-state index is 13.3. The van der Waals surface area contributed by atoms with Gasteiger partial charge in [-0.05, 0) is 54.1 Å². The first-order valence-corrected chi connectivity index (χ1v) is 10.0. The average molecular weight is 422 g/mol. The number of carbonyl (C=O) groups excluding carboxylic acids is 1. The minimum atomic E-state index is -0.304. The number of nitrogens with one attached hydrogen (secondary N) is 1. The Labute approximate surface area is 176 Å². The van der Waals surface area contributed by atoms with Crippen LogP contribution in [0.15, 0.2) is 77.6 Å². The van der Waals surface area contributed by atoms with Gasteiger partial charge in [-0.15, -0.1) is 11.3 Å². The fourth-order valence-electron chi connectivity index (χ4n) is 3.05. The zero-order valence-electron chi connectivity index (χ0n) is 15.4. The minimum absolute atomic E-state index is 0.147. The van der Waals surface area contributed by atoms with Crippen molar-refractivity contribution in [2.45, 2.75) is 0 Å². The molecule has 6 heteroatoms. The topological polar surface area (TPSA) is 55.4 Å². The second-order valence-corrected chi connectivity index (χ2v) is 7.81. The van der Waals surface area contributed by atoms with Gasteiger partial charge in [0.15, 0.2) is 5.43 Å². The molecular formula is C23H16ClNO3S. The van der Waals surface area contributed by atoms with Crippen molar-refractivity contribution in [2.75, 3.05) is 12.4 Å². The van der Waals surface area contributed by atoms with Crippen molar-refractivity contribution in [1.29, 1.82) is 0 Å². The average Bonchev–Trinajstić information content (AvgIpc) is 2.74. The molecule has 0 fully saturated rings. The summed E-state index contributed by atoms with van der Waals surface area (Å²) in [5.74, 6) is 0.360. The van der Waals surface area contributed by atoms with Gasteiger partial charge in [-0.1, -0.05) is 35.9 Å². The molecule has 29 heavy (non-hydrogen) atoms. The van der Waals surface area contributed by atoms with Gasteiger partial charge in [-0.2, -0.15) is 0 Å². The molecule has 4 aromatic rings. The van der Waals surface area contributed by atoms with E-state index in [0.717, 1.165) is 4.70 Å². The highest BCUT2D eigenvalue weighted by Gasteiger charge is 2.17. The Bertz CT molecular complexity index is 1270. The van der Waals surface area contributed by atoms with E-state index in [1.807, 2.05) is 24.3 Å². The number of benzene rings is 3. The number of carbonyl (C=O) groups is 1.